The first kappa shape index (κ1) is 20.1. The highest BCUT2D eigenvalue weighted by Crippen LogP contribution is 2.22. The van der Waals surface area contributed by atoms with Gasteiger partial charge >= 0.3 is 6.03 Å². The van der Waals surface area contributed by atoms with E-state index in [4.69, 9.17) is 16.3 Å². The van der Waals surface area contributed by atoms with E-state index in [1.54, 1.807) is 24.3 Å². The molecule has 4 rings (SSSR count). The van der Waals surface area contributed by atoms with Crippen LogP contribution in [0.5, 0.6) is 0 Å². The first-order chi connectivity index (χ1) is 14.5. The molecule has 2 aliphatic rings. The molecule has 0 aliphatic carbocycles. The minimum atomic E-state index is -0.760. The standard InChI is InChI=1S/C22H20ClN3O4/c23-19-4-2-1-3-16(19)14-26-21(28)18(20(27)24-22(26)29)13-15-5-7-17(8-6-15)25-9-11-30-12-10-25/h1-8,13H,9-12,14H2,(H,24,27,29)/b18-13+. The number of hydrogen-bond donors (Lipinski definition) is 1. The lowest BCUT2D eigenvalue weighted by atomic mass is 10.1. The molecule has 0 saturated carbocycles. The van der Waals surface area contributed by atoms with Crippen LogP contribution in [0, 0.1) is 0 Å². The number of carbonyl (C=O) groups is 3. The fourth-order valence-electron chi connectivity index (χ4n) is 3.40. The Morgan fingerprint density at radius 3 is 2.40 bits per heavy atom. The van der Waals surface area contributed by atoms with Crippen molar-refractivity contribution in [2.45, 2.75) is 6.54 Å². The Labute approximate surface area is 178 Å². The van der Waals surface area contributed by atoms with Gasteiger partial charge in [-0.2, -0.15) is 0 Å². The van der Waals surface area contributed by atoms with Crippen LogP contribution in [0.2, 0.25) is 5.02 Å². The van der Waals surface area contributed by atoms with Gasteiger partial charge in [0.2, 0.25) is 0 Å². The van der Waals surface area contributed by atoms with E-state index in [9.17, 15) is 14.4 Å². The zero-order valence-electron chi connectivity index (χ0n) is 16.1. The largest absolute Gasteiger partial charge is 0.378 e. The Hall–Kier alpha value is -3.16. The monoisotopic (exact) mass is 425 g/mol. The van der Waals surface area contributed by atoms with Crippen molar-refractivity contribution >= 4 is 41.2 Å². The van der Waals surface area contributed by atoms with Crippen LogP contribution in [-0.2, 0) is 20.9 Å². The number of morpholine rings is 1. The van der Waals surface area contributed by atoms with Crippen molar-refractivity contribution < 1.29 is 19.1 Å². The predicted octanol–water partition coefficient (Wildman–Crippen LogP) is 2.84. The molecule has 8 heteroatoms. The summed E-state index contributed by atoms with van der Waals surface area (Å²) in [6.07, 6.45) is 1.49. The average molecular weight is 426 g/mol. The van der Waals surface area contributed by atoms with Gasteiger partial charge in [0.05, 0.1) is 19.8 Å². The molecule has 0 unspecified atom stereocenters. The topological polar surface area (TPSA) is 79.0 Å². The van der Waals surface area contributed by atoms with Gasteiger partial charge < -0.3 is 9.64 Å². The third-order valence-corrected chi connectivity index (χ3v) is 5.42. The van der Waals surface area contributed by atoms with Crippen molar-refractivity contribution in [1.82, 2.24) is 10.2 Å². The minimum absolute atomic E-state index is 0.0229. The number of amides is 4. The Morgan fingerprint density at radius 1 is 1.00 bits per heavy atom. The fourth-order valence-corrected chi connectivity index (χ4v) is 3.60. The summed E-state index contributed by atoms with van der Waals surface area (Å²) in [5.41, 5.74) is 2.26. The summed E-state index contributed by atoms with van der Waals surface area (Å²) < 4.78 is 5.36. The average Bonchev–Trinajstić information content (AvgIpc) is 2.76. The van der Waals surface area contributed by atoms with Gasteiger partial charge in [0, 0.05) is 23.8 Å². The molecule has 2 fully saturated rings. The molecule has 4 amide bonds. The number of nitrogens with zero attached hydrogens (tertiary/aromatic N) is 2. The van der Waals surface area contributed by atoms with Crippen LogP contribution < -0.4 is 10.2 Å². The van der Waals surface area contributed by atoms with Crippen molar-refractivity contribution in [3.8, 4) is 0 Å². The summed E-state index contributed by atoms with van der Waals surface area (Å²) in [4.78, 5) is 40.6. The Kier molecular flexibility index (Phi) is 5.83. The van der Waals surface area contributed by atoms with E-state index in [1.807, 2.05) is 24.3 Å². The number of benzene rings is 2. The highest BCUT2D eigenvalue weighted by molar-refractivity contribution is 6.32. The van der Waals surface area contributed by atoms with Gasteiger partial charge in [-0.3, -0.25) is 19.8 Å². The van der Waals surface area contributed by atoms with Crippen molar-refractivity contribution in [2.75, 3.05) is 31.2 Å². The smallest absolute Gasteiger partial charge is 0.331 e. The van der Waals surface area contributed by atoms with Gasteiger partial charge in [-0.25, -0.2) is 4.79 Å². The molecule has 2 heterocycles. The number of barbiturate groups is 1. The number of urea groups is 1. The number of anilines is 1. The molecule has 0 aromatic heterocycles. The number of halogens is 1. The maximum absolute atomic E-state index is 12.9. The summed E-state index contributed by atoms with van der Waals surface area (Å²) in [7, 11) is 0. The van der Waals surface area contributed by atoms with E-state index in [0.29, 0.717) is 29.4 Å². The molecular formula is C22H20ClN3O4. The van der Waals surface area contributed by atoms with Crippen molar-refractivity contribution in [1.29, 1.82) is 0 Å². The molecule has 30 heavy (non-hydrogen) atoms. The number of rotatable bonds is 4. The van der Waals surface area contributed by atoms with Gasteiger partial charge in [0.15, 0.2) is 0 Å². The summed E-state index contributed by atoms with van der Waals surface area (Å²) in [5.74, 6) is -1.36. The van der Waals surface area contributed by atoms with Gasteiger partial charge in [-0.05, 0) is 35.4 Å². The van der Waals surface area contributed by atoms with E-state index in [-0.39, 0.29) is 12.1 Å². The van der Waals surface area contributed by atoms with Crippen LogP contribution in [-0.4, -0.2) is 49.0 Å². The second kappa shape index (κ2) is 8.69. The third-order valence-electron chi connectivity index (χ3n) is 5.05. The van der Waals surface area contributed by atoms with Crippen LogP contribution >= 0.6 is 11.6 Å². The molecule has 0 radical (unpaired) electrons. The van der Waals surface area contributed by atoms with Crippen LogP contribution in [0.4, 0.5) is 10.5 Å². The number of ether oxygens (including phenoxy) is 1. The summed E-state index contributed by atoms with van der Waals surface area (Å²) in [6.45, 7) is 3.00. The highest BCUT2D eigenvalue weighted by Gasteiger charge is 2.35. The number of imide groups is 2. The molecule has 2 aromatic carbocycles. The lowest BCUT2D eigenvalue weighted by Gasteiger charge is -2.29. The number of nitrogens with one attached hydrogen (secondary N) is 1. The van der Waals surface area contributed by atoms with E-state index >= 15 is 0 Å². The van der Waals surface area contributed by atoms with Crippen LogP contribution in [0.3, 0.4) is 0 Å². The molecule has 154 valence electrons. The first-order valence-electron chi connectivity index (χ1n) is 9.58. The zero-order valence-corrected chi connectivity index (χ0v) is 16.9. The van der Waals surface area contributed by atoms with Crippen molar-refractivity contribution in [2.24, 2.45) is 0 Å². The Balaban J connectivity index is 1.55. The van der Waals surface area contributed by atoms with Crippen molar-refractivity contribution in [3.05, 3.63) is 70.3 Å². The first-order valence-corrected chi connectivity index (χ1v) is 9.96. The number of hydrogen-bond acceptors (Lipinski definition) is 5. The molecule has 0 bridgehead atoms. The molecule has 7 nitrogen and oxygen atoms in total. The van der Waals surface area contributed by atoms with Crippen LogP contribution in [0.25, 0.3) is 6.08 Å². The zero-order chi connectivity index (χ0) is 21.1. The summed E-state index contributed by atoms with van der Waals surface area (Å²) in [6, 6.07) is 13.7. The van der Waals surface area contributed by atoms with Crippen LogP contribution in [0.1, 0.15) is 11.1 Å². The molecule has 1 N–H and O–H groups in total. The quantitative estimate of drug-likeness (QED) is 0.602. The second-order valence-corrected chi connectivity index (χ2v) is 7.40. The molecule has 0 spiro atoms. The molecule has 2 aliphatic heterocycles. The molecular weight excluding hydrogens is 406 g/mol. The Bertz CT molecular complexity index is 1010. The SMILES string of the molecule is O=C1NC(=O)N(Cc2ccccc2Cl)C(=O)/C1=C/c1ccc(N2CCOCC2)cc1. The van der Waals surface area contributed by atoms with Gasteiger partial charge in [0.25, 0.3) is 11.8 Å². The summed E-state index contributed by atoms with van der Waals surface area (Å²) >= 11 is 6.15. The van der Waals surface area contributed by atoms with E-state index in [2.05, 4.69) is 10.2 Å². The maximum Gasteiger partial charge on any atom is 0.331 e. The highest BCUT2D eigenvalue weighted by atomic mass is 35.5. The number of carbonyl (C=O) groups excluding carboxylic acids is 3. The summed E-state index contributed by atoms with van der Waals surface area (Å²) in [5, 5.41) is 2.67. The van der Waals surface area contributed by atoms with Gasteiger partial charge in [-0.1, -0.05) is 41.9 Å². The van der Waals surface area contributed by atoms with E-state index in [0.717, 1.165) is 23.7 Å². The van der Waals surface area contributed by atoms with Crippen molar-refractivity contribution in [3.63, 3.8) is 0 Å². The van der Waals surface area contributed by atoms with E-state index < -0.39 is 17.8 Å². The third kappa shape index (κ3) is 4.22. The predicted molar refractivity (Wildman–Crippen MR) is 113 cm³/mol. The lowest BCUT2D eigenvalue weighted by Crippen LogP contribution is -2.53. The van der Waals surface area contributed by atoms with Gasteiger partial charge in [-0.15, -0.1) is 0 Å². The Morgan fingerprint density at radius 2 is 1.70 bits per heavy atom. The van der Waals surface area contributed by atoms with Crippen LogP contribution in [0.15, 0.2) is 54.1 Å². The maximum atomic E-state index is 12.9. The molecule has 2 aromatic rings. The van der Waals surface area contributed by atoms with Gasteiger partial charge in [0.1, 0.15) is 5.57 Å². The fraction of sp³-hybridized carbons (Fsp3) is 0.227. The van der Waals surface area contributed by atoms with E-state index in [1.165, 1.54) is 6.08 Å². The molecule has 2 saturated heterocycles. The second-order valence-electron chi connectivity index (χ2n) is 6.99. The lowest BCUT2D eigenvalue weighted by molar-refractivity contribution is -0.130. The normalized spacial score (nSPS) is 18.7. The minimum Gasteiger partial charge on any atom is -0.378 e. The molecule has 0 atom stereocenters.